The third-order valence-corrected chi connectivity index (χ3v) is 4.67. The molecule has 1 fully saturated rings. The molecule has 1 aliphatic heterocycles. The number of halogens is 2. The Balaban J connectivity index is 1.63. The molecule has 0 spiro atoms. The largest absolute Gasteiger partial charge is 0.386 e. The molecule has 1 saturated heterocycles. The fourth-order valence-corrected chi connectivity index (χ4v) is 3.18. The zero-order valence-corrected chi connectivity index (χ0v) is 15.9. The molecule has 6 nitrogen and oxygen atoms in total. The normalized spacial score (nSPS) is 16.2. The minimum absolute atomic E-state index is 0.227. The van der Waals surface area contributed by atoms with Gasteiger partial charge in [0.15, 0.2) is 5.96 Å². The molecule has 1 atom stereocenters. The van der Waals surface area contributed by atoms with Crippen LogP contribution in [0, 0.1) is 11.6 Å². The highest BCUT2D eigenvalue weighted by atomic mass is 19.1. The van der Waals surface area contributed by atoms with E-state index in [0.29, 0.717) is 38.7 Å². The van der Waals surface area contributed by atoms with E-state index in [9.17, 15) is 13.9 Å². The first-order chi connectivity index (χ1) is 13.6. The summed E-state index contributed by atoms with van der Waals surface area (Å²) >= 11 is 0. The van der Waals surface area contributed by atoms with E-state index >= 15 is 0 Å². The van der Waals surface area contributed by atoms with Gasteiger partial charge in [0.25, 0.3) is 0 Å². The summed E-state index contributed by atoms with van der Waals surface area (Å²) < 4.78 is 27.5. The number of guanidine groups is 1. The lowest BCUT2D eigenvalue weighted by Gasteiger charge is -2.37. The predicted octanol–water partition coefficient (Wildman–Crippen LogP) is 2.18. The summed E-state index contributed by atoms with van der Waals surface area (Å²) in [5.74, 6) is -0.162. The van der Waals surface area contributed by atoms with Crippen LogP contribution in [0.1, 0.15) is 18.6 Å². The van der Waals surface area contributed by atoms with E-state index < -0.39 is 17.7 Å². The Morgan fingerprint density at radius 3 is 2.57 bits per heavy atom. The Morgan fingerprint density at radius 1 is 1.18 bits per heavy atom. The summed E-state index contributed by atoms with van der Waals surface area (Å²) in [6.07, 6.45) is 2.57. The van der Waals surface area contributed by atoms with Crippen LogP contribution in [0.5, 0.6) is 0 Å². The van der Waals surface area contributed by atoms with E-state index in [1.54, 1.807) is 24.5 Å². The number of piperazine rings is 1. The lowest BCUT2D eigenvalue weighted by atomic mass is 10.1. The average molecular weight is 389 g/mol. The highest BCUT2D eigenvalue weighted by Crippen LogP contribution is 2.22. The molecule has 0 radical (unpaired) electrons. The molecule has 0 aliphatic carbocycles. The highest BCUT2D eigenvalue weighted by Gasteiger charge is 2.22. The van der Waals surface area contributed by atoms with Gasteiger partial charge in [-0.2, -0.15) is 0 Å². The van der Waals surface area contributed by atoms with Gasteiger partial charge in [-0.3, -0.25) is 9.98 Å². The van der Waals surface area contributed by atoms with E-state index in [1.165, 1.54) is 6.07 Å². The summed E-state index contributed by atoms with van der Waals surface area (Å²) in [7, 11) is 0. The van der Waals surface area contributed by atoms with Crippen molar-refractivity contribution in [1.29, 1.82) is 0 Å². The summed E-state index contributed by atoms with van der Waals surface area (Å²) in [6, 6.07) is 7.04. The van der Waals surface area contributed by atoms with E-state index in [1.807, 2.05) is 11.8 Å². The minimum atomic E-state index is -0.709. The zero-order chi connectivity index (χ0) is 19.9. The Morgan fingerprint density at radius 2 is 1.89 bits per heavy atom. The Kier molecular flexibility index (Phi) is 6.76. The van der Waals surface area contributed by atoms with Crippen molar-refractivity contribution in [2.45, 2.75) is 13.0 Å². The number of aliphatic hydroxyl groups is 1. The molecule has 1 unspecified atom stereocenters. The molecule has 0 amide bonds. The molecule has 0 bridgehead atoms. The third kappa shape index (κ3) is 4.95. The van der Waals surface area contributed by atoms with Crippen molar-refractivity contribution in [2.75, 3.05) is 44.2 Å². The molecule has 1 aliphatic rings. The lowest BCUT2D eigenvalue weighted by Crippen LogP contribution is -2.52. The standard InChI is InChI=1S/C20H25F2N5O/c1-2-24-20(25-14-19(28)15-5-7-23-8-6-15)27-11-9-26(10-12-27)18-13-16(21)3-4-17(18)22/h3-8,13,19,28H,2,9-12,14H2,1H3,(H,24,25). The zero-order valence-electron chi connectivity index (χ0n) is 15.9. The Labute approximate surface area is 163 Å². The number of rotatable bonds is 5. The van der Waals surface area contributed by atoms with Crippen LogP contribution in [0.2, 0.25) is 0 Å². The lowest BCUT2D eigenvalue weighted by molar-refractivity contribution is 0.186. The van der Waals surface area contributed by atoms with Crippen LogP contribution in [-0.2, 0) is 0 Å². The van der Waals surface area contributed by atoms with Crippen molar-refractivity contribution in [2.24, 2.45) is 4.99 Å². The average Bonchev–Trinajstić information content (AvgIpc) is 2.73. The van der Waals surface area contributed by atoms with Crippen LogP contribution in [0.4, 0.5) is 14.5 Å². The number of hydrogen-bond acceptors (Lipinski definition) is 4. The van der Waals surface area contributed by atoms with Gasteiger partial charge in [0.1, 0.15) is 11.6 Å². The number of aliphatic hydroxyl groups excluding tert-OH is 1. The van der Waals surface area contributed by atoms with Crippen LogP contribution in [-0.4, -0.2) is 60.2 Å². The fourth-order valence-electron chi connectivity index (χ4n) is 3.18. The molecule has 150 valence electrons. The number of nitrogens with one attached hydrogen (secondary N) is 1. The number of nitrogens with zero attached hydrogens (tertiary/aromatic N) is 4. The second-order valence-corrected chi connectivity index (χ2v) is 6.56. The van der Waals surface area contributed by atoms with Gasteiger partial charge in [0.2, 0.25) is 0 Å². The topological polar surface area (TPSA) is 64.0 Å². The number of pyridine rings is 1. The predicted molar refractivity (Wildman–Crippen MR) is 105 cm³/mol. The van der Waals surface area contributed by atoms with Crippen molar-refractivity contribution in [3.05, 3.63) is 59.9 Å². The quantitative estimate of drug-likeness (QED) is 0.606. The van der Waals surface area contributed by atoms with Crippen molar-refractivity contribution in [3.63, 3.8) is 0 Å². The van der Waals surface area contributed by atoms with Crippen LogP contribution in [0.25, 0.3) is 0 Å². The van der Waals surface area contributed by atoms with Crippen LogP contribution in [0.15, 0.2) is 47.7 Å². The van der Waals surface area contributed by atoms with Crippen molar-refractivity contribution in [3.8, 4) is 0 Å². The third-order valence-electron chi connectivity index (χ3n) is 4.67. The molecule has 2 N–H and O–H groups in total. The molecular formula is C20H25F2N5O. The van der Waals surface area contributed by atoms with Gasteiger partial charge in [0, 0.05) is 51.2 Å². The smallest absolute Gasteiger partial charge is 0.194 e. The summed E-state index contributed by atoms with van der Waals surface area (Å²) in [6.45, 7) is 5.25. The van der Waals surface area contributed by atoms with Gasteiger partial charge >= 0.3 is 0 Å². The number of anilines is 1. The maximum Gasteiger partial charge on any atom is 0.194 e. The monoisotopic (exact) mass is 389 g/mol. The first-order valence-electron chi connectivity index (χ1n) is 9.39. The minimum Gasteiger partial charge on any atom is -0.386 e. The molecule has 3 rings (SSSR count). The molecular weight excluding hydrogens is 364 g/mol. The van der Waals surface area contributed by atoms with E-state index in [-0.39, 0.29) is 12.2 Å². The van der Waals surface area contributed by atoms with Crippen LogP contribution in [0.3, 0.4) is 0 Å². The molecule has 0 saturated carbocycles. The highest BCUT2D eigenvalue weighted by molar-refractivity contribution is 5.80. The molecule has 28 heavy (non-hydrogen) atoms. The van der Waals surface area contributed by atoms with Crippen molar-refractivity contribution in [1.82, 2.24) is 15.2 Å². The maximum atomic E-state index is 14.0. The van der Waals surface area contributed by atoms with Gasteiger partial charge in [-0.05, 0) is 36.8 Å². The van der Waals surface area contributed by atoms with E-state index in [4.69, 9.17) is 0 Å². The number of aliphatic imine (C=N–C) groups is 1. The second-order valence-electron chi connectivity index (χ2n) is 6.56. The van der Waals surface area contributed by atoms with Crippen molar-refractivity contribution >= 4 is 11.6 Å². The summed E-state index contributed by atoms with van der Waals surface area (Å²) in [5, 5.41) is 13.6. The van der Waals surface area contributed by atoms with Gasteiger partial charge in [0.05, 0.1) is 18.3 Å². The Hall–Kier alpha value is -2.74. The number of hydrogen-bond donors (Lipinski definition) is 2. The van der Waals surface area contributed by atoms with Gasteiger partial charge in [-0.1, -0.05) is 0 Å². The van der Waals surface area contributed by atoms with Gasteiger partial charge < -0.3 is 20.2 Å². The molecule has 2 heterocycles. The van der Waals surface area contributed by atoms with Gasteiger partial charge in [-0.15, -0.1) is 0 Å². The van der Waals surface area contributed by atoms with Crippen molar-refractivity contribution < 1.29 is 13.9 Å². The van der Waals surface area contributed by atoms with E-state index in [0.717, 1.165) is 17.7 Å². The maximum absolute atomic E-state index is 14.0. The summed E-state index contributed by atoms with van der Waals surface area (Å²) in [4.78, 5) is 12.4. The molecule has 1 aromatic heterocycles. The first kappa shape index (κ1) is 20.0. The molecule has 1 aromatic carbocycles. The Bertz CT molecular complexity index is 794. The fraction of sp³-hybridized carbons (Fsp3) is 0.400. The summed E-state index contributed by atoms with van der Waals surface area (Å²) in [5.41, 5.74) is 1.05. The first-order valence-corrected chi connectivity index (χ1v) is 9.39. The number of aromatic nitrogens is 1. The van der Waals surface area contributed by atoms with Gasteiger partial charge in [-0.25, -0.2) is 8.78 Å². The van der Waals surface area contributed by atoms with Crippen LogP contribution < -0.4 is 10.2 Å². The molecule has 2 aromatic rings. The SMILES string of the molecule is CCNC(=NCC(O)c1ccncc1)N1CCN(c2cc(F)ccc2F)CC1. The van der Waals surface area contributed by atoms with E-state index in [2.05, 4.69) is 20.2 Å². The second kappa shape index (κ2) is 9.45. The van der Waals surface area contributed by atoms with Crippen LogP contribution >= 0.6 is 0 Å². The number of benzene rings is 1. The molecule has 8 heteroatoms.